The van der Waals surface area contributed by atoms with Gasteiger partial charge >= 0.3 is 6.29 Å². The van der Waals surface area contributed by atoms with Crippen LogP contribution < -0.4 is 14.8 Å². The SMILES string of the molecule is COC(C)C(C)Nc1ccc2c(c1)OC(F)(F)O2. The van der Waals surface area contributed by atoms with Crippen molar-refractivity contribution in [2.45, 2.75) is 32.3 Å². The third-order valence-corrected chi connectivity index (χ3v) is 2.87. The fourth-order valence-corrected chi connectivity index (χ4v) is 1.62. The van der Waals surface area contributed by atoms with Crippen molar-refractivity contribution in [2.24, 2.45) is 0 Å². The first-order valence-corrected chi connectivity index (χ1v) is 5.60. The maximum absolute atomic E-state index is 12.8. The molecule has 1 heterocycles. The Morgan fingerprint density at radius 2 is 1.89 bits per heavy atom. The number of hydrogen-bond donors (Lipinski definition) is 1. The van der Waals surface area contributed by atoms with Crippen LogP contribution in [0.4, 0.5) is 14.5 Å². The molecule has 0 aliphatic carbocycles. The summed E-state index contributed by atoms with van der Waals surface area (Å²) in [4.78, 5) is 0. The molecule has 4 nitrogen and oxygen atoms in total. The number of alkyl halides is 2. The summed E-state index contributed by atoms with van der Waals surface area (Å²) >= 11 is 0. The number of rotatable bonds is 4. The van der Waals surface area contributed by atoms with Gasteiger partial charge in [-0.25, -0.2) is 0 Å². The highest BCUT2D eigenvalue weighted by Crippen LogP contribution is 2.42. The zero-order valence-corrected chi connectivity index (χ0v) is 10.4. The van der Waals surface area contributed by atoms with Gasteiger partial charge in [-0.15, -0.1) is 8.78 Å². The quantitative estimate of drug-likeness (QED) is 0.902. The van der Waals surface area contributed by atoms with Gasteiger partial charge in [0.1, 0.15) is 0 Å². The van der Waals surface area contributed by atoms with Crippen molar-refractivity contribution in [3.05, 3.63) is 18.2 Å². The molecule has 2 unspecified atom stereocenters. The van der Waals surface area contributed by atoms with Crippen molar-refractivity contribution < 1.29 is 23.0 Å². The topological polar surface area (TPSA) is 39.7 Å². The summed E-state index contributed by atoms with van der Waals surface area (Å²) in [5, 5.41) is 3.14. The molecule has 0 amide bonds. The van der Waals surface area contributed by atoms with Crippen molar-refractivity contribution >= 4 is 5.69 Å². The van der Waals surface area contributed by atoms with Gasteiger partial charge in [-0.3, -0.25) is 0 Å². The molecule has 18 heavy (non-hydrogen) atoms. The Morgan fingerprint density at radius 3 is 2.56 bits per heavy atom. The van der Waals surface area contributed by atoms with E-state index in [-0.39, 0.29) is 23.6 Å². The number of methoxy groups -OCH3 is 1. The normalized spacial score (nSPS) is 19.4. The Morgan fingerprint density at radius 1 is 1.22 bits per heavy atom. The average molecular weight is 259 g/mol. The predicted octanol–water partition coefficient (Wildman–Crippen LogP) is 2.84. The van der Waals surface area contributed by atoms with Crippen LogP contribution in [0.3, 0.4) is 0 Å². The zero-order chi connectivity index (χ0) is 13.3. The summed E-state index contributed by atoms with van der Waals surface area (Å²) in [6, 6.07) is 4.62. The largest absolute Gasteiger partial charge is 0.586 e. The first kappa shape index (κ1) is 12.9. The number of nitrogens with one attached hydrogen (secondary N) is 1. The van der Waals surface area contributed by atoms with E-state index >= 15 is 0 Å². The van der Waals surface area contributed by atoms with Gasteiger partial charge < -0.3 is 19.5 Å². The van der Waals surface area contributed by atoms with Gasteiger partial charge in [0.2, 0.25) is 0 Å². The number of fused-ring (bicyclic) bond motifs is 1. The Hall–Kier alpha value is -1.56. The summed E-state index contributed by atoms with van der Waals surface area (Å²) in [6.45, 7) is 3.85. The molecular formula is C12H15F2NO3. The van der Waals surface area contributed by atoms with Crippen LogP contribution in [0.2, 0.25) is 0 Å². The average Bonchev–Trinajstić information content (AvgIpc) is 2.61. The number of benzene rings is 1. The second-order valence-electron chi connectivity index (χ2n) is 4.20. The molecule has 0 saturated carbocycles. The van der Waals surface area contributed by atoms with E-state index in [0.717, 1.165) is 0 Å². The van der Waals surface area contributed by atoms with Gasteiger partial charge in [-0.2, -0.15) is 0 Å². The Bertz CT molecular complexity index is 439. The predicted molar refractivity (Wildman–Crippen MR) is 62.2 cm³/mol. The smallest absolute Gasteiger partial charge is 0.395 e. The molecule has 1 N–H and O–H groups in total. The molecule has 2 rings (SSSR count). The van der Waals surface area contributed by atoms with Crippen LogP contribution in [0.15, 0.2) is 18.2 Å². The van der Waals surface area contributed by atoms with Gasteiger partial charge in [-0.1, -0.05) is 0 Å². The summed E-state index contributed by atoms with van der Waals surface area (Å²) in [5.74, 6) is 0.0697. The van der Waals surface area contributed by atoms with Crippen LogP contribution in [0.25, 0.3) is 0 Å². The van der Waals surface area contributed by atoms with Gasteiger partial charge in [-0.05, 0) is 26.0 Å². The lowest BCUT2D eigenvalue weighted by atomic mass is 10.2. The third-order valence-electron chi connectivity index (χ3n) is 2.87. The zero-order valence-electron chi connectivity index (χ0n) is 10.4. The second kappa shape index (κ2) is 4.61. The molecule has 6 heteroatoms. The number of halogens is 2. The van der Waals surface area contributed by atoms with E-state index in [4.69, 9.17) is 4.74 Å². The highest BCUT2D eigenvalue weighted by atomic mass is 19.3. The van der Waals surface area contributed by atoms with Crippen LogP contribution in [-0.4, -0.2) is 25.6 Å². The number of hydrogen-bond acceptors (Lipinski definition) is 4. The molecule has 100 valence electrons. The number of anilines is 1. The Kier molecular flexibility index (Phi) is 3.30. The van der Waals surface area contributed by atoms with Crippen molar-refractivity contribution in [3.8, 4) is 11.5 Å². The maximum Gasteiger partial charge on any atom is 0.586 e. The molecule has 0 fully saturated rings. The van der Waals surface area contributed by atoms with E-state index in [9.17, 15) is 8.78 Å². The van der Waals surface area contributed by atoms with Crippen molar-refractivity contribution in [2.75, 3.05) is 12.4 Å². The van der Waals surface area contributed by atoms with Crippen LogP contribution in [0, 0.1) is 0 Å². The molecule has 0 saturated heterocycles. The molecule has 0 aromatic heterocycles. The molecule has 2 atom stereocenters. The van der Waals surface area contributed by atoms with E-state index in [2.05, 4.69) is 14.8 Å². The Labute approximate surface area is 104 Å². The van der Waals surface area contributed by atoms with Crippen LogP contribution in [0.1, 0.15) is 13.8 Å². The van der Waals surface area contributed by atoms with Gasteiger partial charge in [0.15, 0.2) is 11.5 Å². The molecule has 1 aliphatic heterocycles. The van der Waals surface area contributed by atoms with Gasteiger partial charge in [0, 0.05) is 24.9 Å². The summed E-state index contributed by atoms with van der Waals surface area (Å²) in [5.41, 5.74) is 0.673. The van der Waals surface area contributed by atoms with Gasteiger partial charge in [0.05, 0.1) is 6.10 Å². The lowest BCUT2D eigenvalue weighted by molar-refractivity contribution is -0.286. The van der Waals surface area contributed by atoms with E-state index in [1.165, 1.54) is 12.1 Å². The first-order chi connectivity index (χ1) is 8.41. The first-order valence-electron chi connectivity index (χ1n) is 5.60. The van der Waals surface area contributed by atoms with Crippen LogP contribution >= 0.6 is 0 Å². The van der Waals surface area contributed by atoms with Crippen molar-refractivity contribution in [1.82, 2.24) is 0 Å². The van der Waals surface area contributed by atoms with Crippen LogP contribution in [0.5, 0.6) is 11.5 Å². The van der Waals surface area contributed by atoms with Crippen molar-refractivity contribution in [3.63, 3.8) is 0 Å². The number of ether oxygens (including phenoxy) is 3. The molecule has 1 aliphatic rings. The maximum atomic E-state index is 12.8. The fraction of sp³-hybridized carbons (Fsp3) is 0.500. The van der Waals surface area contributed by atoms with E-state index in [1.807, 2.05) is 13.8 Å². The highest BCUT2D eigenvalue weighted by molar-refractivity contribution is 5.56. The minimum atomic E-state index is -3.58. The molecule has 1 aromatic rings. The monoisotopic (exact) mass is 259 g/mol. The standard InChI is InChI=1S/C12H15F2NO3/c1-7(8(2)16-3)15-9-4-5-10-11(6-9)18-12(13,14)17-10/h4-8,15H,1-3H3. The third kappa shape index (κ3) is 2.64. The van der Waals surface area contributed by atoms with Crippen LogP contribution in [-0.2, 0) is 4.74 Å². The fourth-order valence-electron chi connectivity index (χ4n) is 1.62. The second-order valence-corrected chi connectivity index (χ2v) is 4.20. The van der Waals surface area contributed by atoms with E-state index in [0.29, 0.717) is 5.69 Å². The van der Waals surface area contributed by atoms with E-state index < -0.39 is 6.29 Å². The van der Waals surface area contributed by atoms with E-state index in [1.54, 1.807) is 13.2 Å². The minimum absolute atomic E-state index is 0.00290. The summed E-state index contributed by atoms with van der Waals surface area (Å²) in [7, 11) is 1.61. The molecule has 0 bridgehead atoms. The molecular weight excluding hydrogens is 244 g/mol. The molecule has 0 spiro atoms. The summed E-state index contributed by atoms with van der Waals surface area (Å²) < 4.78 is 39.5. The lowest BCUT2D eigenvalue weighted by Crippen LogP contribution is -2.29. The van der Waals surface area contributed by atoms with Crippen molar-refractivity contribution in [1.29, 1.82) is 0 Å². The highest BCUT2D eigenvalue weighted by Gasteiger charge is 2.43. The molecule has 1 aromatic carbocycles. The lowest BCUT2D eigenvalue weighted by Gasteiger charge is -2.21. The van der Waals surface area contributed by atoms with Gasteiger partial charge in [0.25, 0.3) is 0 Å². The molecule has 0 radical (unpaired) electrons. The Balaban J connectivity index is 2.09. The summed E-state index contributed by atoms with van der Waals surface area (Å²) in [6.07, 6.45) is -3.58. The minimum Gasteiger partial charge on any atom is -0.395 e.